The predicted octanol–water partition coefficient (Wildman–Crippen LogP) is 2.05. The smallest absolute Gasteiger partial charge is 0.239 e. The second-order valence-corrected chi connectivity index (χ2v) is 5.76. The zero-order valence-corrected chi connectivity index (χ0v) is 12.6. The molecule has 1 fully saturated rings. The zero-order chi connectivity index (χ0) is 13.8. The standard InChI is InChI=1S/C14H19BrN2O2/c1-9-4-5-11(12(15)7-9)13(14(16)18)17-8-10-3-2-6-19-10/h4-5,7,10,13,17H,2-3,6,8H2,1H3,(H2,16,18). The third-order valence-corrected chi connectivity index (χ3v) is 4.01. The summed E-state index contributed by atoms with van der Waals surface area (Å²) in [5, 5.41) is 3.21. The van der Waals surface area contributed by atoms with Crippen molar-refractivity contribution in [2.75, 3.05) is 13.2 Å². The van der Waals surface area contributed by atoms with Gasteiger partial charge in [-0.25, -0.2) is 0 Å². The molecule has 0 saturated carbocycles. The number of primary amides is 1. The molecule has 1 amide bonds. The first-order valence-electron chi connectivity index (χ1n) is 6.48. The Morgan fingerprint density at radius 1 is 1.63 bits per heavy atom. The molecule has 1 aliphatic heterocycles. The molecule has 0 aliphatic carbocycles. The molecular weight excluding hydrogens is 308 g/mol. The molecule has 104 valence electrons. The van der Waals surface area contributed by atoms with Gasteiger partial charge in [-0.2, -0.15) is 0 Å². The Labute approximate surface area is 121 Å². The predicted molar refractivity (Wildman–Crippen MR) is 77.8 cm³/mol. The number of hydrogen-bond donors (Lipinski definition) is 2. The average Bonchev–Trinajstić information content (AvgIpc) is 2.84. The van der Waals surface area contributed by atoms with Crippen LogP contribution in [0.3, 0.4) is 0 Å². The molecular formula is C14H19BrN2O2. The fourth-order valence-electron chi connectivity index (χ4n) is 2.28. The summed E-state index contributed by atoms with van der Waals surface area (Å²) in [5.41, 5.74) is 7.51. The topological polar surface area (TPSA) is 64.3 Å². The molecule has 4 nitrogen and oxygen atoms in total. The zero-order valence-electron chi connectivity index (χ0n) is 11.0. The molecule has 19 heavy (non-hydrogen) atoms. The van der Waals surface area contributed by atoms with Gasteiger partial charge in [0.15, 0.2) is 0 Å². The highest BCUT2D eigenvalue weighted by Crippen LogP contribution is 2.25. The molecule has 3 N–H and O–H groups in total. The Kier molecular flexibility index (Phi) is 4.96. The van der Waals surface area contributed by atoms with Gasteiger partial charge in [-0.15, -0.1) is 0 Å². The van der Waals surface area contributed by atoms with E-state index in [1.165, 1.54) is 0 Å². The number of ether oxygens (including phenoxy) is 1. The highest BCUT2D eigenvalue weighted by molar-refractivity contribution is 9.10. The number of hydrogen-bond acceptors (Lipinski definition) is 3. The van der Waals surface area contributed by atoms with Gasteiger partial charge in [-0.05, 0) is 37.0 Å². The third kappa shape index (κ3) is 3.78. The molecule has 1 aliphatic rings. The minimum atomic E-state index is -0.487. The van der Waals surface area contributed by atoms with Crippen molar-refractivity contribution in [2.24, 2.45) is 5.73 Å². The quantitative estimate of drug-likeness (QED) is 0.870. The van der Waals surface area contributed by atoms with Gasteiger partial charge in [0.05, 0.1) is 6.10 Å². The van der Waals surface area contributed by atoms with Crippen molar-refractivity contribution in [3.63, 3.8) is 0 Å². The Morgan fingerprint density at radius 2 is 2.42 bits per heavy atom. The molecule has 1 aromatic rings. The molecule has 2 rings (SSSR count). The Morgan fingerprint density at radius 3 is 3.00 bits per heavy atom. The highest BCUT2D eigenvalue weighted by Gasteiger charge is 2.23. The lowest BCUT2D eigenvalue weighted by Gasteiger charge is -2.19. The van der Waals surface area contributed by atoms with Gasteiger partial charge in [0, 0.05) is 17.6 Å². The average molecular weight is 327 g/mol. The van der Waals surface area contributed by atoms with Crippen LogP contribution in [0.15, 0.2) is 22.7 Å². The van der Waals surface area contributed by atoms with E-state index in [-0.39, 0.29) is 12.0 Å². The molecule has 1 aromatic carbocycles. The number of nitrogens with two attached hydrogens (primary N) is 1. The summed E-state index contributed by atoms with van der Waals surface area (Å²) in [5.74, 6) is -0.373. The fraction of sp³-hybridized carbons (Fsp3) is 0.500. The van der Waals surface area contributed by atoms with Crippen molar-refractivity contribution in [1.29, 1.82) is 0 Å². The van der Waals surface area contributed by atoms with Gasteiger partial charge >= 0.3 is 0 Å². The van der Waals surface area contributed by atoms with Crippen LogP contribution in [0.4, 0.5) is 0 Å². The number of carbonyl (C=O) groups excluding carboxylic acids is 1. The summed E-state index contributed by atoms with van der Waals surface area (Å²) in [6.45, 7) is 3.46. The van der Waals surface area contributed by atoms with Crippen LogP contribution in [-0.4, -0.2) is 25.2 Å². The van der Waals surface area contributed by atoms with Crippen molar-refractivity contribution < 1.29 is 9.53 Å². The van der Waals surface area contributed by atoms with Gasteiger partial charge in [0.2, 0.25) is 5.91 Å². The maximum atomic E-state index is 11.6. The Hall–Kier alpha value is -0.910. The normalized spacial score (nSPS) is 20.4. The van der Waals surface area contributed by atoms with Crippen LogP contribution in [0.25, 0.3) is 0 Å². The lowest BCUT2D eigenvalue weighted by Crippen LogP contribution is -2.38. The van der Waals surface area contributed by atoms with Crippen molar-refractivity contribution in [3.8, 4) is 0 Å². The van der Waals surface area contributed by atoms with Crippen LogP contribution in [0.1, 0.15) is 30.0 Å². The van der Waals surface area contributed by atoms with Crippen LogP contribution >= 0.6 is 15.9 Å². The number of benzene rings is 1. The van der Waals surface area contributed by atoms with Crippen molar-refractivity contribution in [2.45, 2.75) is 31.9 Å². The number of nitrogens with one attached hydrogen (secondary N) is 1. The lowest BCUT2D eigenvalue weighted by atomic mass is 10.0. The van der Waals surface area contributed by atoms with Crippen LogP contribution in [0.5, 0.6) is 0 Å². The molecule has 5 heteroatoms. The Balaban J connectivity index is 2.08. The van der Waals surface area contributed by atoms with Gasteiger partial charge in [-0.1, -0.05) is 28.1 Å². The van der Waals surface area contributed by atoms with E-state index >= 15 is 0 Å². The van der Waals surface area contributed by atoms with Crippen LogP contribution in [0.2, 0.25) is 0 Å². The van der Waals surface area contributed by atoms with E-state index in [0.29, 0.717) is 6.54 Å². The van der Waals surface area contributed by atoms with Crippen LogP contribution < -0.4 is 11.1 Å². The summed E-state index contributed by atoms with van der Waals surface area (Å²) in [6.07, 6.45) is 2.31. The third-order valence-electron chi connectivity index (χ3n) is 3.33. The van der Waals surface area contributed by atoms with Gasteiger partial charge in [0.1, 0.15) is 6.04 Å². The van der Waals surface area contributed by atoms with E-state index in [1.54, 1.807) is 0 Å². The van der Waals surface area contributed by atoms with Gasteiger partial charge < -0.3 is 10.5 Å². The number of aryl methyl sites for hydroxylation is 1. The molecule has 2 atom stereocenters. The highest BCUT2D eigenvalue weighted by atomic mass is 79.9. The molecule has 1 heterocycles. The molecule has 1 saturated heterocycles. The first kappa shape index (κ1) is 14.5. The summed E-state index contributed by atoms with van der Waals surface area (Å²) in [6, 6.07) is 5.40. The summed E-state index contributed by atoms with van der Waals surface area (Å²) in [7, 11) is 0. The summed E-state index contributed by atoms with van der Waals surface area (Å²) >= 11 is 3.49. The van der Waals surface area contributed by atoms with E-state index in [2.05, 4.69) is 21.2 Å². The first-order chi connectivity index (χ1) is 9.08. The van der Waals surface area contributed by atoms with E-state index in [1.807, 2.05) is 25.1 Å². The van der Waals surface area contributed by atoms with E-state index in [0.717, 1.165) is 35.0 Å². The van der Waals surface area contributed by atoms with Crippen LogP contribution in [-0.2, 0) is 9.53 Å². The van der Waals surface area contributed by atoms with E-state index < -0.39 is 6.04 Å². The fourth-order valence-corrected chi connectivity index (χ4v) is 3.01. The van der Waals surface area contributed by atoms with Crippen molar-refractivity contribution in [1.82, 2.24) is 5.32 Å². The SMILES string of the molecule is Cc1ccc(C(NCC2CCCO2)C(N)=O)c(Br)c1. The molecule has 0 bridgehead atoms. The molecule has 0 spiro atoms. The minimum absolute atomic E-state index is 0.186. The van der Waals surface area contributed by atoms with Gasteiger partial charge in [-0.3, -0.25) is 10.1 Å². The minimum Gasteiger partial charge on any atom is -0.377 e. The number of rotatable bonds is 5. The van der Waals surface area contributed by atoms with E-state index in [4.69, 9.17) is 10.5 Å². The van der Waals surface area contributed by atoms with Crippen molar-refractivity contribution >= 4 is 21.8 Å². The van der Waals surface area contributed by atoms with Gasteiger partial charge in [0.25, 0.3) is 0 Å². The van der Waals surface area contributed by atoms with E-state index in [9.17, 15) is 4.79 Å². The molecule has 0 radical (unpaired) electrons. The van der Waals surface area contributed by atoms with Crippen molar-refractivity contribution in [3.05, 3.63) is 33.8 Å². The second-order valence-electron chi connectivity index (χ2n) is 4.90. The maximum Gasteiger partial charge on any atom is 0.239 e. The molecule has 2 unspecified atom stereocenters. The van der Waals surface area contributed by atoms with Crippen LogP contribution in [0, 0.1) is 6.92 Å². The number of halogens is 1. The largest absolute Gasteiger partial charge is 0.377 e. The lowest BCUT2D eigenvalue weighted by molar-refractivity contribution is -0.120. The second kappa shape index (κ2) is 6.50. The number of amides is 1. The first-order valence-corrected chi connectivity index (χ1v) is 7.27. The maximum absolute atomic E-state index is 11.6. The Bertz CT molecular complexity index is 459. The monoisotopic (exact) mass is 326 g/mol. The summed E-state index contributed by atoms with van der Waals surface area (Å²) in [4.78, 5) is 11.6. The number of carbonyl (C=O) groups is 1. The summed E-state index contributed by atoms with van der Waals surface area (Å²) < 4.78 is 6.44. The molecule has 0 aromatic heterocycles.